The van der Waals surface area contributed by atoms with E-state index >= 15 is 0 Å². The molecule has 0 saturated heterocycles. The number of rotatable bonds is 2. The molecule has 0 saturated carbocycles. The Balaban J connectivity index is 1.97. The summed E-state index contributed by atoms with van der Waals surface area (Å²) in [6.07, 6.45) is 7.73. The second-order valence-electron chi connectivity index (χ2n) is 4.95. The van der Waals surface area contributed by atoms with Crippen molar-refractivity contribution in [1.29, 1.82) is 0 Å². The molecule has 4 rings (SSSR count). The molecular formula is C16H14N4. The van der Waals surface area contributed by atoms with Gasteiger partial charge in [0.05, 0.1) is 5.69 Å². The fraction of sp³-hybridized carbons (Fsp3) is 0.188. The Morgan fingerprint density at radius 1 is 1.00 bits per heavy atom. The van der Waals surface area contributed by atoms with Gasteiger partial charge in [0.15, 0.2) is 0 Å². The van der Waals surface area contributed by atoms with Gasteiger partial charge in [0.1, 0.15) is 5.69 Å². The predicted molar refractivity (Wildman–Crippen MR) is 77.0 cm³/mol. The zero-order chi connectivity index (χ0) is 13.4. The maximum Gasteiger partial charge on any atom is 0.119 e. The minimum atomic E-state index is 0.932. The molecule has 4 heteroatoms. The predicted octanol–water partition coefficient (Wildman–Crippen LogP) is 2.95. The molecule has 0 bridgehead atoms. The number of aryl methyl sites for hydroxylation is 1. The van der Waals surface area contributed by atoms with E-state index in [1.165, 1.54) is 23.2 Å². The normalized spacial score (nSPS) is 13.4. The highest BCUT2D eigenvalue weighted by Crippen LogP contribution is 2.36. The third-order valence-electron chi connectivity index (χ3n) is 3.72. The molecule has 3 aromatic heterocycles. The first-order valence-electron chi connectivity index (χ1n) is 6.85. The summed E-state index contributed by atoms with van der Waals surface area (Å²) in [4.78, 5) is 8.56. The number of aromatic nitrogens is 4. The van der Waals surface area contributed by atoms with Crippen LogP contribution in [0.3, 0.4) is 0 Å². The highest BCUT2D eigenvalue weighted by Gasteiger charge is 2.23. The van der Waals surface area contributed by atoms with Crippen molar-refractivity contribution in [2.45, 2.75) is 19.4 Å². The van der Waals surface area contributed by atoms with Gasteiger partial charge in [0, 0.05) is 36.4 Å². The summed E-state index contributed by atoms with van der Waals surface area (Å²) in [5, 5.41) is 4.77. The largest absolute Gasteiger partial charge is 0.268 e. The molecule has 0 atom stereocenters. The quantitative estimate of drug-likeness (QED) is 0.713. The van der Waals surface area contributed by atoms with Gasteiger partial charge in [-0.25, -0.2) is 0 Å². The molecule has 98 valence electrons. The molecule has 4 nitrogen and oxygen atoms in total. The highest BCUT2D eigenvalue weighted by molar-refractivity contribution is 5.81. The van der Waals surface area contributed by atoms with Crippen LogP contribution in [0.5, 0.6) is 0 Å². The molecule has 20 heavy (non-hydrogen) atoms. The average Bonchev–Trinajstić information content (AvgIpc) is 3.09. The van der Waals surface area contributed by atoms with Crippen molar-refractivity contribution in [1.82, 2.24) is 19.7 Å². The number of hydrogen-bond donors (Lipinski definition) is 0. The lowest BCUT2D eigenvalue weighted by atomic mass is 10.0. The van der Waals surface area contributed by atoms with Gasteiger partial charge < -0.3 is 0 Å². The zero-order valence-corrected chi connectivity index (χ0v) is 11.0. The van der Waals surface area contributed by atoms with Crippen LogP contribution in [0.4, 0.5) is 0 Å². The third kappa shape index (κ3) is 1.72. The van der Waals surface area contributed by atoms with Crippen LogP contribution >= 0.6 is 0 Å². The molecule has 1 aliphatic rings. The Kier molecular flexibility index (Phi) is 2.59. The molecule has 0 amide bonds. The van der Waals surface area contributed by atoms with Gasteiger partial charge in [-0.2, -0.15) is 5.10 Å². The van der Waals surface area contributed by atoms with Crippen molar-refractivity contribution in [2.24, 2.45) is 0 Å². The topological polar surface area (TPSA) is 43.6 Å². The number of nitrogens with zero attached hydrogens (tertiary/aromatic N) is 4. The Morgan fingerprint density at radius 2 is 1.90 bits per heavy atom. The summed E-state index contributed by atoms with van der Waals surface area (Å²) in [6, 6.07) is 10.0. The van der Waals surface area contributed by atoms with E-state index in [1.807, 2.05) is 48.9 Å². The first kappa shape index (κ1) is 11.3. The van der Waals surface area contributed by atoms with Crippen molar-refractivity contribution in [3.63, 3.8) is 0 Å². The van der Waals surface area contributed by atoms with Crippen LogP contribution in [-0.2, 0) is 13.0 Å². The molecule has 0 radical (unpaired) electrons. The fourth-order valence-electron chi connectivity index (χ4n) is 2.84. The molecule has 1 aliphatic heterocycles. The average molecular weight is 262 g/mol. The minimum absolute atomic E-state index is 0.932. The van der Waals surface area contributed by atoms with E-state index in [2.05, 4.69) is 14.6 Å². The smallest absolute Gasteiger partial charge is 0.119 e. The fourth-order valence-corrected chi connectivity index (χ4v) is 2.84. The summed E-state index contributed by atoms with van der Waals surface area (Å²) in [6.45, 7) is 1.00. The Labute approximate surface area is 117 Å². The van der Waals surface area contributed by atoms with Crippen LogP contribution in [0.1, 0.15) is 12.1 Å². The second-order valence-corrected chi connectivity index (χ2v) is 4.95. The molecule has 4 heterocycles. The summed E-state index contributed by atoms with van der Waals surface area (Å²) in [5.41, 5.74) is 5.61. The van der Waals surface area contributed by atoms with Gasteiger partial charge in [-0.15, -0.1) is 0 Å². The van der Waals surface area contributed by atoms with Crippen LogP contribution in [0.25, 0.3) is 22.5 Å². The first-order chi connectivity index (χ1) is 9.93. The van der Waals surface area contributed by atoms with Gasteiger partial charge in [-0.05, 0) is 42.7 Å². The molecule has 0 aromatic carbocycles. The van der Waals surface area contributed by atoms with E-state index in [0.29, 0.717) is 0 Å². The maximum atomic E-state index is 4.77. The minimum Gasteiger partial charge on any atom is -0.268 e. The van der Waals surface area contributed by atoms with Crippen molar-refractivity contribution in [2.75, 3.05) is 0 Å². The van der Waals surface area contributed by atoms with E-state index in [1.54, 1.807) is 0 Å². The lowest BCUT2D eigenvalue weighted by molar-refractivity contribution is 0.658. The Morgan fingerprint density at radius 3 is 2.70 bits per heavy atom. The van der Waals surface area contributed by atoms with E-state index in [0.717, 1.165) is 24.4 Å². The molecule has 0 unspecified atom stereocenters. The zero-order valence-electron chi connectivity index (χ0n) is 11.0. The van der Waals surface area contributed by atoms with Gasteiger partial charge in [-0.1, -0.05) is 6.07 Å². The standard InChI is InChI=1S/C16H14N4/c1-2-8-18-13(4-1)16-15(12-6-9-17-10-7-12)14-5-3-11-20(14)19-16/h1-2,4,6-10H,3,5,11H2. The van der Waals surface area contributed by atoms with Crippen molar-refractivity contribution in [3.05, 3.63) is 54.6 Å². The summed E-state index contributed by atoms with van der Waals surface area (Å²) < 4.78 is 2.12. The molecule has 3 aromatic rings. The van der Waals surface area contributed by atoms with Crippen molar-refractivity contribution >= 4 is 0 Å². The molecular weight excluding hydrogens is 248 g/mol. The lowest BCUT2D eigenvalue weighted by Gasteiger charge is -2.04. The Bertz CT molecular complexity index is 732. The third-order valence-corrected chi connectivity index (χ3v) is 3.72. The maximum absolute atomic E-state index is 4.77. The molecule has 0 spiro atoms. The van der Waals surface area contributed by atoms with Gasteiger partial charge in [0.2, 0.25) is 0 Å². The van der Waals surface area contributed by atoms with Crippen LogP contribution < -0.4 is 0 Å². The Hall–Kier alpha value is -2.49. The van der Waals surface area contributed by atoms with Crippen LogP contribution in [-0.4, -0.2) is 19.7 Å². The second kappa shape index (κ2) is 4.56. The highest BCUT2D eigenvalue weighted by atomic mass is 15.3. The number of pyridine rings is 2. The lowest BCUT2D eigenvalue weighted by Crippen LogP contribution is -1.94. The van der Waals surface area contributed by atoms with Crippen molar-refractivity contribution in [3.8, 4) is 22.5 Å². The van der Waals surface area contributed by atoms with Gasteiger partial charge in [-0.3, -0.25) is 14.6 Å². The molecule has 0 N–H and O–H groups in total. The number of hydrogen-bond acceptors (Lipinski definition) is 3. The van der Waals surface area contributed by atoms with Crippen LogP contribution in [0, 0.1) is 0 Å². The van der Waals surface area contributed by atoms with Gasteiger partial charge in [0.25, 0.3) is 0 Å². The van der Waals surface area contributed by atoms with Crippen LogP contribution in [0.2, 0.25) is 0 Å². The summed E-state index contributed by atoms with van der Waals surface area (Å²) >= 11 is 0. The van der Waals surface area contributed by atoms with Crippen molar-refractivity contribution < 1.29 is 0 Å². The first-order valence-corrected chi connectivity index (χ1v) is 6.85. The summed E-state index contributed by atoms with van der Waals surface area (Å²) in [5.74, 6) is 0. The van der Waals surface area contributed by atoms with E-state index < -0.39 is 0 Å². The monoisotopic (exact) mass is 262 g/mol. The van der Waals surface area contributed by atoms with Crippen LogP contribution in [0.15, 0.2) is 48.9 Å². The number of fused-ring (bicyclic) bond motifs is 1. The van der Waals surface area contributed by atoms with Gasteiger partial charge >= 0.3 is 0 Å². The van der Waals surface area contributed by atoms with E-state index in [-0.39, 0.29) is 0 Å². The molecule has 0 aliphatic carbocycles. The summed E-state index contributed by atoms with van der Waals surface area (Å²) in [7, 11) is 0. The van der Waals surface area contributed by atoms with E-state index in [4.69, 9.17) is 5.10 Å². The molecule has 0 fully saturated rings. The van der Waals surface area contributed by atoms with E-state index in [9.17, 15) is 0 Å². The SMILES string of the molecule is c1ccc(-c2nn3c(c2-c2ccncc2)CCC3)nc1.